The molecule has 0 spiro atoms. The van der Waals surface area contributed by atoms with Crippen molar-refractivity contribution in [2.24, 2.45) is 0 Å². The zero-order chi connectivity index (χ0) is 17.3. The number of benzene rings is 1. The van der Waals surface area contributed by atoms with Gasteiger partial charge in [-0.25, -0.2) is 4.98 Å². The number of imidazole rings is 1. The Morgan fingerprint density at radius 1 is 1.17 bits per heavy atom. The van der Waals surface area contributed by atoms with Crippen LogP contribution in [0.1, 0.15) is 28.7 Å². The maximum absolute atomic E-state index is 12.6. The lowest BCUT2D eigenvalue weighted by Crippen LogP contribution is -2.16. The molecule has 0 saturated carbocycles. The Hall–Kier alpha value is -2.83. The van der Waals surface area contributed by atoms with Crippen LogP contribution < -0.4 is 5.32 Å². The van der Waals surface area contributed by atoms with E-state index in [1.807, 2.05) is 13.0 Å². The van der Waals surface area contributed by atoms with Crippen LogP contribution in [-0.2, 0) is 12.6 Å². The van der Waals surface area contributed by atoms with E-state index in [1.165, 1.54) is 12.1 Å². The van der Waals surface area contributed by atoms with Crippen molar-refractivity contribution >= 4 is 17.2 Å². The summed E-state index contributed by atoms with van der Waals surface area (Å²) < 4.78 is 39.4. The van der Waals surface area contributed by atoms with Gasteiger partial charge >= 0.3 is 6.18 Å². The van der Waals surface area contributed by atoms with Gasteiger partial charge in [0.2, 0.25) is 0 Å². The van der Waals surface area contributed by atoms with Gasteiger partial charge in [-0.15, -0.1) is 0 Å². The average molecular weight is 333 g/mol. The van der Waals surface area contributed by atoms with Crippen molar-refractivity contribution in [3.63, 3.8) is 0 Å². The number of fused-ring (bicyclic) bond motifs is 1. The molecule has 0 bridgehead atoms. The van der Waals surface area contributed by atoms with Crippen LogP contribution >= 0.6 is 0 Å². The fourth-order valence-corrected chi connectivity index (χ4v) is 2.46. The largest absolute Gasteiger partial charge is 0.416 e. The lowest BCUT2D eigenvalue weighted by molar-refractivity contribution is -0.137. The van der Waals surface area contributed by atoms with E-state index in [-0.39, 0.29) is 0 Å². The quantitative estimate of drug-likeness (QED) is 0.782. The van der Waals surface area contributed by atoms with Crippen molar-refractivity contribution in [1.82, 2.24) is 9.38 Å². The van der Waals surface area contributed by atoms with Crippen LogP contribution in [0, 0.1) is 0 Å². The molecule has 2 heterocycles. The predicted octanol–water partition coefficient (Wildman–Crippen LogP) is 4.17. The molecule has 2 aromatic heterocycles. The van der Waals surface area contributed by atoms with E-state index in [0.29, 0.717) is 29.1 Å². The number of hydrogen-bond donors (Lipinski definition) is 1. The molecule has 0 fully saturated rings. The van der Waals surface area contributed by atoms with E-state index in [1.54, 1.807) is 22.7 Å². The van der Waals surface area contributed by atoms with Gasteiger partial charge in [0.1, 0.15) is 11.3 Å². The number of hydrogen-bond acceptors (Lipinski definition) is 2. The summed E-state index contributed by atoms with van der Waals surface area (Å²) in [6, 6.07) is 9.72. The molecule has 0 radical (unpaired) electrons. The first-order chi connectivity index (χ1) is 11.4. The predicted molar refractivity (Wildman–Crippen MR) is 84.0 cm³/mol. The Balaban J connectivity index is 1.90. The number of aromatic nitrogens is 2. The third-order valence-electron chi connectivity index (χ3n) is 3.62. The first-order valence-corrected chi connectivity index (χ1v) is 7.34. The highest BCUT2D eigenvalue weighted by Gasteiger charge is 2.30. The first kappa shape index (κ1) is 16.0. The van der Waals surface area contributed by atoms with E-state index in [0.717, 1.165) is 12.1 Å². The van der Waals surface area contributed by atoms with Gasteiger partial charge in [-0.05, 0) is 42.8 Å². The van der Waals surface area contributed by atoms with Gasteiger partial charge < -0.3 is 5.32 Å². The fourth-order valence-electron chi connectivity index (χ4n) is 2.46. The maximum Gasteiger partial charge on any atom is 0.416 e. The van der Waals surface area contributed by atoms with Gasteiger partial charge in [-0.1, -0.05) is 13.0 Å². The number of aryl methyl sites for hydroxylation is 1. The number of halogens is 3. The average Bonchev–Trinajstić information content (AvgIpc) is 2.93. The van der Waals surface area contributed by atoms with Crippen LogP contribution in [-0.4, -0.2) is 15.3 Å². The molecule has 1 N–H and O–H groups in total. The minimum atomic E-state index is -4.40. The molecule has 0 unspecified atom stereocenters. The summed E-state index contributed by atoms with van der Waals surface area (Å²) in [7, 11) is 0. The van der Waals surface area contributed by atoms with Crippen molar-refractivity contribution in [2.45, 2.75) is 19.5 Å². The molecule has 3 aromatic rings. The van der Waals surface area contributed by atoms with Gasteiger partial charge in [0.15, 0.2) is 0 Å². The minimum Gasteiger partial charge on any atom is -0.321 e. The molecular weight excluding hydrogens is 319 g/mol. The number of anilines is 1. The summed E-state index contributed by atoms with van der Waals surface area (Å²) in [5.74, 6) is -0.412. The van der Waals surface area contributed by atoms with Crippen LogP contribution in [0.2, 0.25) is 0 Å². The summed E-state index contributed by atoms with van der Waals surface area (Å²) in [5, 5.41) is 2.62. The first-order valence-electron chi connectivity index (χ1n) is 7.34. The Morgan fingerprint density at radius 3 is 2.50 bits per heavy atom. The number of alkyl halides is 3. The summed E-state index contributed by atoms with van der Waals surface area (Å²) in [4.78, 5) is 17.0. The molecule has 0 aliphatic heterocycles. The molecule has 1 amide bonds. The SMILES string of the molecule is CCc1nc2ccccn2c1C(=O)Nc1ccc(C(F)(F)F)cc1. The zero-order valence-electron chi connectivity index (χ0n) is 12.8. The second kappa shape index (κ2) is 5.99. The van der Waals surface area contributed by atoms with E-state index >= 15 is 0 Å². The van der Waals surface area contributed by atoms with E-state index in [9.17, 15) is 18.0 Å². The summed E-state index contributed by atoms with van der Waals surface area (Å²) in [6.45, 7) is 1.89. The number of nitrogens with zero attached hydrogens (tertiary/aromatic N) is 2. The Bertz CT molecular complexity index is 882. The lowest BCUT2D eigenvalue weighted by atomic mass is 10.2. The molecule has 0 atom stereocenters. The molecule has 0 aliphatic carbocycles. The third kappa shape index (κ3) is 2.97. The number of rotatable bonds is 3. The normalized spacial score (nSPS) is 11.7. The molecule has 124 valence electrons. The van der Waals surface area contributed by atoms with Gasteiger partial charge in [-0.3, -0.25) is 9.20 Å². The lowest BCUT2D eigenvalue weighted by Gasteiger charge is -2.09. The minimum absolute atomic E-state index is 0.293. The van der Waals surface area contributed by atoms with E-state index < -0.39 is 17.6 Å². The van der Waals surface area contributed by atoms with Crippen LogP contribution in [0.25, 0.3) is 5.65 Å². The molecule has 0 saturated heterocycles. The molecule has 0 aliphatic rings. The third-order valence-corrected chi connectivity index (χ3v) is 3.62. The number of nitrogens with one attached hydrogen (secondary N) is 1. The number of carbonyl (C=O) groups is 1. The standard InChI is InChI=1S/C17H14F3N3O/c1-2-13-15(23-10-4-3-5-14(23)22-13)16(24)21-12-8-6-11(7-9-12)17(18,19)20/h3-10H,2H2,1H3,(H,21,24). The summed E-state index contributed by atoms with van der Waals surface area (Å²) in [5.41, 5.74) is 1.19. The van der Waals surface area contributed by atoms with Crippen LogP contribution in [0.4, 0.5) is 18.9 Å². The molecule has 3 rings (SSSR count). The molecular formula is C17H14F3N3O. The fraction of sp³-hybridized carbons (Fsp3) is 0.176. The molecule has 24 heavy (non-hydrogen) atoms. The second-order valence-corrected chi connectivity index (χ2v) is 5.22. The number of amides is 1. The van der Waals surface area contributed by atoms with Crippen LogP contribution in [0.3, 0.4) is 0 Å². The van der Waals surface area contributed by atoms with E-state index in [2.05, 4.69) is 10.3 Å². The summed E-state index contributed by atoms with van der Waals surface area (Å²) in [6.07, 6.45) is -2.11. The molecule has 7 heteroatoms. The van der Waals surface area contributed by atoms with Crippen LogP contribution in [0.15, 0.2) is 48.7 Å². The smallest absolute Gasteiger partial charge is 0.321 e. The Labute approximate surface area is 135 Å². The monoisotopic (exact) mass is 333 g/mol. The number of pyridine rings is 1. The van der Waals surface area contributed by atoms with Crippen LogP contribution in [0.5, 0.6) is 0 Å². The number of carbonyl (C=O) groups excluding carboxylic acids is 1. The highest BCUT2D eigenvalue weighted by molar-refractivity contribution is 6.04. The van der Waals surface area contributed by atoms with Crippen molar-refractivity contribution in [2.75, 3.05) is 5.32 Å². The van der Waals surface area contributed by atoms with Gasteiger partial charge in [-0.2, -0.15) is 13.2 Å². The maximum atomic E-state index is 12.6. The van der Waals surface area contributed by atoms with Crippen molar-refractivity contribution < 1.29 is 18.0 Å². The molecule has 4 nitrogen and oxygen atoms in total. The zero-order valence-corrected chi connectivity index (χ0v) is 12.8. The highest BCUT2D eigenvalue weighted by atomic mass is 19.4. The van der Waals surface area contributed by atoms with E-state index in [4.69, 9.17) is 0 Å². The topological polar surface area (TPSA) is 46.4 Å². The van der Waals surface area contributed by atoms with Crippen molar-refractivity contribution in [3.8, 4) is 0 Å². The van der Waals surface area contributed by atoms with Gasteiger partial charge in [0.25, 0.3) is 5.91 Å². The van der Waals surface area contributed by atoms with Crippen molar-refractivity contribution in [1.29, 1.82) is 0 Å². The second-order valence-electron chi connectivity index (χ2n) is 5.22. The Kier molecular flexibility index (Phi) is 4.01. The highest BCUT2D eigenvalue weighted by Crippen LogP contribution is 2.30. The Morgan fingerprint density at radius 2 is 1.88 bits per heavy atom. The van der Waals surface area contributed by atoms with Crippen molar-refractivity contribution in [3.05, 3.63) is 65.6 Å². The van der Waals surface area contributed by atoms with Gasteiger partial charge in [0, 0.05) is 11.9 Å². The van der Waals surface area contributed by atoms with Gasteiger partial charge in [0.05, 0.1) is 11.3 Å². The summed E-state index contributed by atoms with van der Waals surface area (Å²) >= 11 is 0. The molecule has 1 aromatic carbocycles.